The van der Waals surface area contributed by atoms with Crippen molar-refractivity contribution in [3.63, 3.8) is 0 Å². The van der Waals surface area contributed by atoms with Gasteiger partial charge in [0.2, 0.25) is 5.91 Å². The lowest BCUT2D eigenvalue weighted by Crippen LogP contribution is -2.49. The number of amides is 1. The molecule has 1 amide bonds. The Labute approximate surface area is 154 Å². The lowest BCUT2D eigenvalue weighted by Gasteiger charge is -2.36. The van der Waals surface area contributed by atoms with Crippen LogP contribution < -0.4 is 5.32 Å². The Bertz CT molecular complexity index is 894. The molecule has 3 heterocycles. The van der Waals surface area contributed by atoms with Crippen LogP contribution in [0.2, 0.25) is 0 Å². The van der Waals surface area contributed by atoms with Crippen molar-refractivity contribution < 1.29 is 13.6 Å². The molecule has 134 valence electrons. The number of hydrogen-bond donors (Lipinski definition) is 1. The molecule has 1 aliphatic heterocycles. The third-order valence-electron chi connectivity index (χ3n) is 4.45. The fourth-order valence-electron chi connectivity index (χ4n) is 3.18. The summed E-state index contributed by atoms with van der Waals surface area (Å²) in [5.41, 5.74) is 2.46. The molecular formula is C19H18FN3O2S. The molecule has 0 bridgehead atoms. The van der Waals surface area contributed by atoms with Crippen LogP contribution in [0.25, 0.3) is 10.6 Å². The van der Waals surface area contributed by atoms with Crippen LogP contribution >= 0.6 is 11.3 Å². The zero-order chi connectivity index (χ0) is 17.9. The predicted molar refractivity (Wildman–Crippen MR) is 97.2 cm³/mol. The zero-order valence-electron chi connectivity index (χ0n) is 14.0. The van der Waals surface area contributed by atoms with Crippen molar-refractivity contribution in [2.45, 2.75) is 12.5 Å². The smallest absolute Gasteiger partial charge is 0.229 e. The number of piperazine rings is 1. The van der Waals surface area contributed by atoms with Crippen LogP contribution in [0, 0.1) is 5.82 Å². The minimum absolute atomic E-state index is 0.00445. The molecule has 0 aliphatic carbocycles. The number of hydrogen-bond acceptors (Lipinski definition) is 5. The van der Waals surface area contributed by atoms with Crippen molar-refractivity contribution in [1.29, 1.82) is 0 Å². The average Bonchev–Trinajstić information content (AvgIpc) is 3.33. The van der Waals surface area contributed by atoms with Crippen LogP contribution in [-0.2, 0) is 11.2 Å². The van der Waals surface area contributed by atoms with Crippen LogP contribution in [0.15, 0.2) is 52.7 Å². The lowest BCUT2D eigenvalue weighted by molar-refractivity contribution is -0.133. The molecule has 2 aromatic heterocycles. The maximum Gasteiger partial charge on any atom is 0.229 e. The van der Waals surface area contributed by atoms with Gasteiger partial charge in [-0.1, -0.05) is 12.1 Å². The van der Waals surface area contributed by atoms with Gasteiger partial charge in [0.25, 0.3) is 0 Å². The van der Waals surface area contributed by atoms with Crippen LogP contribution in [0.1, 0.15) is 17.3 Å². The van der Waals surface area contributed by atoms with Gasteiger partial charge >= 0.3 is 0 Å². The first-order chi connectivity index (χ1) is 12.7. The number of rotatable bonds is 4. The second-order valence-electron chi connectivity index (χ2n) is 6.19. The highest BCUT2D eigenvalue weighted by molar-refractivity contribution is 7.13. The Morgan fingerprint density at radius 2 is 2.35 bits per heavy atom. The second-order valence-corrected chi connectivity index (χ2v) is 7.05. The van der Waals surface area contributed by atoms with Gasteiger partial charge in [0.05, 0.1) is 24.4 Å². The van der Waals surface area contributed by atoms with Gasteiger partial charge in [0, 0.05) is 30.6 Å². The summed E-state index contributed by atoms with van der Waals surface area (Å²) in [4.78, 5) is 19.2. The fraction of sp³-hybridized carbons (Fsp3) is 0.263. The molecule has 26 heavy (non-hydrogen) atoms. The normalized spacial score (nSPS) is 17.4. The molecule has 0 saturated carbocycles. The Balaban J connectivity index is 1.50. The SMILES string of the molecule is O=C(Cc1csc(-c2ccoc2)n1)N1CCNCC1c1cccc(F)c1. The minimum atomic E-state index is -0.287. The number of thiazole rings is 1. The first-order valence-electron chi connectivity index (χ1n) is 8.43. The summed E-state index contributed by atoms with van der Waals surface area (Å²) in [6, 6.07) is 8.14. The fourth-order valence-corrected chi connectivity index (χ4v) is 3.98. The Hall–Kier alpha value is -2.51. The summed E-state index contributed by atoms with van der Waals surface area (Å²) >= 11 is 1.49. The highest BCUT2D eigenvalue weighted by Gasteiger charge is 2.28. The first-order valence-corrected chi connectivity index (χ1v) is 9.31. The lowest BCUT2D eigenvalue weighted by atomic mass is 10.0. The van der Waals surface area contributed by atoms with E-state index in [1.807, 2.05) is 22.4 Å². The molecule has 5 nitrogen and oxygen atoms in total. The third-order valence-corrected chi connectivity index (χ3v) is 5.39. The van der Waals surface area contributed by atoms with Gasteiger partial charge in [-0.15, -0.1) is 11.3 Å². The van der Waals surface area contributed by atoms with Crippen LogP contribution in [0.4, 0.5) is 4.39 Å². The predicted octanol–water partition coefficient (Wildman–Crippen LogP) is 3.26. The van der Waals surface area contributed by atoms with Crippen molar-refractivity contribution in [3.8, 4) is 10.6 Å². The van der Waals surface area contributed by atoms with Crippen molar-refractivity contribution in [2.24, 2.45) is 0 Å². The van der Waals surface area contributed by atoms with Gasteiger partial charge in [-0.05, 0) is 23.8 Å². The maximum atomic E-state index is 13.6. The number of nitrogens with one attached hydrogen (secondary N) is 1. The van der Waals surface area contributed by atoms with E-state index in [1.54, 1.807) is 18.6 Å². The van der Waals surface area contributed by atoms with Gasteiger partial charge < -0.3 is 14.6 Å². The molecule has 0 radical (unpaired) electrons. The molecule has 1 unspecified atom stereocenters. The summed E-state index contributed by atoms with van der Waals surface area (Å²) in [6.07, 6.45) is 3.48. The molecule has 7 heteroatoms. The van der Waals surface area contributed by atoms with E-state index in [9.17, 15) is 9.18 Å². The molecule has 3 aromatic rings. The highest BCUT2D eigenvalue weighted by Crippen LogP contribution is 2.26. The molecule has 1 atom stereocenters. The van der Waals surface area contributed by atoms with E-state index in [1.165, 1.54) is 23.5 Å². The van der Waals surface area contributed by atoms with Crippen molar-refractivity contribution in [2.75, 3.05) is 19.6 Å². The average molecular weight is 371 g/mol. The topological polar surface area (TPSA) is 58.4 Å². The molecule has 1 aromatic carbocycles. The van der Waals surface area contributed by atoms with Gasteiger partial charge in [-0.25, -0.2) is 9.37 Å². The monoisotopic (exact) mass is 371 g/mol. The molecular weight excluding hydrogens is 353 g/mol. The molecule has 4 rings (SSSR count). The summed E-state index contributed by atoms with van der Waals surface area (Å²) in [6.45, 7) is 1.94. The van der Waals surface area contributed by atoms with Crippen LogP contribution in [0.5, 0.6) is 0 Å². The van der Waals surface area contributed by atoms with Gasteiger partial charge in [0.1, 0.15) is 17.1 Å². The highest BCUT2D eigenvalue weighted by atomic mass is 32.1. The van der Waals surface area contributed by atoms with Crippen LogP contribution in [0.3, 0.4) is 0 Å². The van der Waals surface area contributed by atoms with E-state index in [-0.39, 0.29) is 24.2 Å². The number of carbonyl (C=O) groups excluding carboxylic acids is 1. The number of nitrogens with zero attached hydrogens (tertiary/aromatic N) is 2. The molecule has 1 N–H and O–H groups in total. The Morgan fingerprint density at radius 3 is 3.15 bits per heavy atom. The van der Waals surface area contributed by atoms with Crippen molar-refractivity contribution in [1.82, 2.24) is 15.2 Å². The summed E-state index contributed by atoms with van der Waals surface area (Å²) < 4.78 is 18.7. The van der Waals surface area contributed by atoms with Crippen LogP contribution in [-0.4, -0.2) is 35.4 Å². The number of aromatic nitrogens is 1. The van der Waals surface area contributed by atoms with E-state index in [2.05, 4.69) is 10.3 Å². The molecule has 1 aliphatic rings. The quantitative estimate of drug-likeness (QED) is 0.765. The van der Waals surface area contributed by atoms with Gasteiger partial charge in [0.15, 0.2) is 0 Å². The summed E-state index contributed by atoms with van der Waals surface area (Å²) in [5.74, 6) is -0.283. The second kappa shape index (κ2) is 7.39. The molecule has 1 fully saturated rings. The van der Waals surface area contributed by atoms with E-state index in [4.69, 9.17) is 4.42 Å². The number of halogens is 1. The molecule has 0 spiro atoms. The maximum absolute atomic E-state index is 13.6. The minimum Gasteiger partial charge on any atom is -0.472 e. The third kappa shape index (κ3) is 3.54. The van der Waals surface area contributed by atoms with E-state index >= 15 is 0 Å². The summed E-state index contributed by atoms with van der Waals surface area (Å²) in [5, 5.41) is 6.02. The van der Waals surface area contributed by atoms with Gasteiger partial charge in [-0.3, -0.25) is 4.79 Å². The first kappa shape index (κ1) is 16.9. The molecule has 1 saturated heterocycles. The largest absolute Gasteiger partial charge is 0.472 e. The van der Waals surface area contributed by atoms with Crippen molar-refractivity contribution >= 4 is 17.2 Å². The summed E-state index contributed by atoms with van der Waals surface area (Å²) in [7, 11) is 0. The zero-order valence-corrected chi connectivity index (χ0v) is 14.8. The Morgan fingerprint density at radius 1 is 1.42 bits per heavy atom. The number of benzene rings is 1. The van der Waals surface area contributed by atoms with E-state index in [0.717, 1.165) is 28.4 Å². The Kier molecular flexibility index (Phi) is 4.81. The number of carbonyl (C=O) groups is 1. The number of furan rings is 1. The van der Waals surface area contributed by atoms with E-state index in [0.29, 0.717) is 13.1 Å². The standard InChI is InChI=1S/C19H18FN3O2S/c20-15-3-1-2-13(8-15)17-10-21-5-6-23(17)18(24)9-16-12-26-19(22-16)14-4-7-25-11-14/h1-4,7-8,11-12,17,21H,5-6,9-10H2. The van der Waals surface area contributed by atoms with Gasteiger partial charge in [-0.2, -0.15) is 0 Å². The van der Waals surface area contributed by atoms with E-state index < -0.39 is 0 Å². The van der Waals surface area contributed by atoms with Crippen molar-refractivity contribution in [3.05, 3.63) is 65.3 Å².